The molecule has 6 nitrogen and oxygen atoms in total. The number of carbonyl (C=O) groups excluding carboxylic acids is 2. The molecule has 1 saturated carbocycles. The fraction of sp³-hybridized carbons (Fsp3) is 0.429. The Morgan fingerprint density at radius 2 is 1.93 bits per heavy atom. The number of nitrogens with zero attached hydrogens (tertiary/aromatic N) is 3. The molecule has 1 aromatic carbocycles. The normalized spacial score (nSPS) is 13.4. The second-order valence-corrected chi connectivity index (χ2v) is 7.53. The number of hydrogen-bond acceptors (Lipinski definition) is 3. The molecule has 2 amide bonds. The summed E-state index contributed by atoms with van der Waals surface area (Å²) in [5.74, 6) is -0.237. The molecule has 1 fully saturated rings. The van der Waals surface area contributed by atoms with E-state index in [1.165, 1.54) is 0 Å². The lowest BCUT2D eigenvalue weighted by molar-refractivity contribution is -0.133. The zero-order valence-corrected chi connectivity index (χ0v) is 17.1. The maximum Gasteiger partial charge on any atom is 0.254 e. The van der Waals surface area contributed by atoms with Crippen molar-refractivity contribution < 1.29 is 14.3 Å². The summed E-state index contributed by atoms with van der Waals surface area (Å²) in [5.41, 5.74) is 1.58. The lowest BCUT2D eigenvalue weighted by Gasteiger charge is -2.28. The van der Waals surface area contributed by atoms with Gasteiger partial charge in [-0.3, -0.25) is 9.59 Å². The van der Waals surface area contributed by atoms with Crippen LogP contribution in [0.4, 0.5) is 0 Å². The molecule has 1 heterocycles. The van der Waals surface area contributed by atoms with Gasteiger partial charge in [0.1, 0.15) is 6.54 Å². The number of amides is 2. The van der Waals surface area contributed by atoms with Crippen molar-refractivity contribution in [1.82, 2.24) is 14.4 Å². The predicted octanol–water partition coefficient (Wildman–Crippen LogP) is 2.96. The van der Waals surface area contributed by atoms with Crippen molar-refractivity contribution in [2.24, 2.45) is 7.05 Å². The van der Waals surface area contributed by atoms with Crippen molar-refractivity contribution in [1.29, 1.82) is 0 Å². The minimum atomic E-state index is -0.198. The molecular formula is C21H26ClN3O3. The zero-order chi connectivity index (χ0) is 20.1. The van der Waals surface area contributed by atoms with Gasteiger partial charge in [0.25, 0.3) is 5.91 Å². The van der Waals surface area contributed by atoms with Crippen LogP contribution < -0.4 is 0 Å². The van der Waals surface area contributed by atoms with Crippen LogP contribution in [0.25, 0.3) is 0 Å². The number of carbonyl (C=O) groups is 2. The van der Waals surface area contributed by atoms with Gasteiger partial charge in [-0.2, -0.15) is 0 Å². The Bertz CT molecular complexity index is 815. The molecule has 150 valence electrons. The monoisotopic (exact) mass is 403 g/mol. The van der Waals surface area contributed by atoms with E-state index in [9.17, 15) is 9.59 Å². The highest BCUT2D eigenvalue weighted by molar-refractivity contribution is 6.30. The van der Waals surface area contributed by atoms with Crippen LogP contribution in [0.5, 0.6) is 0 Å². The van der Waals surface area contributed by atoms with E-state index in [1.54, 1.807) is 36.3 Å². The van der Waals surface area contributed by atoms with Crippen LogP contribution in [0.15, 0.2) is 42.6 Å². The maximum atomic E-state index is 13.1. The fourth-order valence-electron chi connectivity index (χ4n) is 3.13. The minimum absolute atomic E-state index is 0.0335. The highest BCUT2D eigenvalue weighted by Gasteiger charge is 2.34. The Hall–Kier alpha value is -2.31. The average molecular weight is 404 g/mol. The first-order valence-electron chi connectivity index (χ1n) is 9.43. The van der Waals surface area contributed by atoms with Crippen LogP contribution in [-0.4, -0.2) is 59.0 Å². The van der Waals surface area contributed by atoms with E-state index in [0.717, 1.165) is 18.5 Å². The van der Waals surface area contributed by atoms with Gasteiger partial charge in [-0.05, 0) is 49.2 Å². The minimum Gasteiger partial charge on any atom is -0.383 e. The summed E-state index contributed by atoms with van der Waals surface area (Å²) in [5, 5.41) is 0.568. The van der Waals surface area contributed by atoms with E-state index in [1.807, 2.05) is 34.8 Å². The fourth-order valence-corrected chi connectivity index (χ4v) is 3.25. The lowest BCUT2D eigenvalue weighted by atomic mass is 10.2. The highest BCUT2D eigenvalue weighted by atomic mass is 35.5. The molecule has 3 rings (SSSR count). The van der Waals surface area contributed by atoms with Crippen molar-refractivity contribution in [3.63, 3.8) is 0 Å². The maximum absolute atomic E-state index is 13.1. The summed E-state index contributed by atoms with van der Waals surface area (Å²) < 4.78 is 7.16. The lowest BCUT2D eigenvalue weighted by Crippen LogP contribution is -2.44. The van der Waals surface area contributed by atoms with Gasteiger partial charge in [-0.25, -0.2) is 0 Å². The molecule has 0 aliphatic heterocycles. The second kappa shape index (κ2) is 9.26. The summed E-state index contributed by atoms with van der Waals surface area (Å²) in [7, 11) is 3.55. The molecule has 0 atom stereocenters. The predicted molar refractivity (Wildman–Crippen MR) is 108 cm³/mol. The van der Waals surface area contributed by atoms with Gasteiger partial charge in [0, 0.05) is 49.2 Å². The van der Waals surface area contributed by atoms with Crippen LogP contribution in [0, 0.1) is 0 Å². The summed E-state index contributed by atoms with van der Waals surface area (Å²) in [6.45, 7) is 1.31. The third-order valence-corrected chi connectivity index (χ3v) is 5.21. The smallest absolute Gasteiger partial charge is 0.254 e. The van der Waals surface area contributed by atoms with Crippen LogP contribution in [0.3, 0.4) is 0 Å². The Balaban J connectivity index is 1.72. The molecule has 0 bridgehead atoms. The van der Waals surface area contributed by atoms with Gasteiger partial charge >= 0.3 is 0 Å². The number of ether oxygens (including phenoxy) is 1. The highest BCUT2D eigenvalue weighted by Crippen LogP contribution is 2.28. The average Bonchev–Trinajstić information content (AvgIpc) is 3.45. The first kappa shape index (κ1) is 20.4. The topological polar surface area (TPSA) is 54.8 Å². The van der Waals surface area contributed by atoms with Crippen molar-refractivity contribution in [2.75, 3.05) is 26.8 Å². The molecule has 7 heteroatoms. The summed E-state index contributed by atoms with van der Waals surface area (Å²) in [6, 6.07) is 11.0. The second-order valence-electron chi connectivity index (χ2n) is 7.09. The standard InChI is InChI=1S/C21H26ClN3O3/c1-23-11-3-4-19(23)14-25(18-9-10-18)20(26)15-24(12-13-28-2)21(27)16-5-7-17(22)8-6-16/h3-8,11,18H,9-10,12-15H2,1-2H3. The molecule has 28 heavy (non-hydrogen) atoms. The van der Waals surface area contributed by atoms with Crippen molar-refractivity contribution >= 4 is 23.4 Å². The molecule has 2 aromatic rings. The number of aryl methyl sites for hydroxylation is 1. The van der Waals surface area contributed by atoms with E-state index in [2.05, 4.69) is 0 Å². The van der Waals surface area contributed by atoms with Crippen LogP contribution >= 0.6 is 11.6 Å². The number of halogens is 1. The Morgan fingerprint density at radius 3 is 2.50 bits per heavy atom. The molecule has 1 aromatic heterocycles. The van der Waals surface area contributed by atoms with Crippen LogP contribution in [0.1, 0.15) is 28.9 Å². The van der Waals surface area contributed by atoms with Gasteiger partial charge in [0.2, 0.25) is 5.91 Å². The van der Waals surface area contributed by atoms with E-state index >= 15 is 0 Å². The van der Waals surface area contributed by atoms with Gasteiger partial charge in [-0.15, -0.1) is 0 Å². The first-order valence-corrected chi connectivity index (χ1v) is 9.81. The van der Waals surface area contributed by atoms with Gasteiger partial charge in [0.15, 0.2) is 0 Å². The molecule has 0 saturated heterocycles. The molecule has 0 radical (unpaired) electrons. The molecule has 0 spiro atoms. The van der Waals surface area contributed by atoms with E-state index in [0.29, 0.717) is 30.3 Å². The van der Waals surface area contributed by atoms with Crippen LogP contribution in [0.2, 0.25) is 5.02 Å². The van der Waals surface area contributed by atoms with Gasteiger partial charge < -0.3 is 19.1 Å². The third kappa shape index (κ3) is 5.14. The van der Waals surface area contributed by atoms with Gasteiger partial charge in [-0.1, -0.05) is 11.6 Å². The molecule has 0 N–H and O–H groups in total. The molecule has 1 aliphatic carbocycles. The number of rotatable bonds is 9. The number of benzene rings is 1. The number of methoxy groups -OCH3 is 1. The summed E-state index contributed by atoms with van der Waals surface area (Å²) in [6.07, 6.45) is 4.00. The van der Waals surface area contributed by atoms with Crippen molar-refractivity contribution in [3.05, 3.63) is 58.9 Å². The Labute approximate surface area is 170 Å². The summed E-state index contributed by atoms with van der Waals surface area (Å²) >= 11 is 5.92. The molecular weight excluding hydrogens is 378 g/mol. The Kier molecular flexibility index (Phi) is 6.75. The van der Waals surface area contributed by atoms with Crippen molar-refractivity contribution in [2.45, 2.75) is 25.4 Å². The first-order chi connectivity index (χ1) is 13.5. The SMILES string of the molecule is COCCN(CC(=O)N(Cc1cccn1C)C1CC1)C(=O)c1ccc(Cl)cc1. The van der Waals surface area contributed by atoms with Crippen LogP contribution in [-0.2, 0) is 23.1 Å². The molecule has 1 aliphatic rings. The zero-order valence-electron chi connectivity index (χ0n) is 16.3. The Morgan fingerprint density at radius 1 is 1.21 bits per heavy atom. The third-order valence-electron chi connectivity index (χ3n) is 4.96. The van der Waals surface area contributed by atoms with E-state index in [4.69, 9.17) is 16.3 Å². The number of aromatic nitrogens is 1. The van der Waals surface area contributed by atoms with E-state index in [-0.39, 0.29) is 24.4 Å². The number of hydrogen-bond donors (Lipinski definition) is 0. The van der Waals surface area contributed by atoms with Gasteiger partial charge in [0.05, 0.1) is 13.2 Å². The molecule has 0 unspecified atom stereocenters. The van der Waals surface area contributed by atoms with Crippen molar-refractivity contribution in [3.8, 4) is 0 Å². The van der Waals surface area contributed by atoms with E-state index < -0.39 is 0 Å². The summed E-state index contributed by atoms with van der Waals surface area (Å²) in [4.78, 5) is 29.5. The largest absolute Gasteiger partial charge is 0.383 e. The quantitative estimate of drug-likeness (QED) is 0.646.